The topological polar surface area (TPSA) is 50.9 Å². The van der Waals surface area contributed by atoms with E-state index in [1.54, 1.807) is 6.20 Å². The lowest BCUT2D eigenvalue weighted by Crippen LogP contribution is -2.30. The molecule has 0 aliphatic rings. The van der Waals surface area contributed by atoms with Crippen molar-refractivity contribution < 1.29 is 0 Å². The van der Waals surface area contributed by atoms with Crippen LogP contribution in [0.5, 0.6) is 0 Å². The van der Waals surface area contributed by atoms with Crippen molar-refractivity contribution in [2.45, 2.75) is 39.2 Å². The van der Waals surface area contributed by atoms with Crippen molar-refractivity contribution in [1.29, 1.82) is 0 Å². The van der Waals surface area contributed by atoms with Gasteiger partial charge < -0.3 is 11.1 Å². The maximum atomic E-state index is 6.22. The van der Waals surface area contributed by atoms with Gasteiger partial charge in [0.1, 0.15) is 0 Å². The number of nitrogens with two attached hydrogens (primary N) is 1. The number of hydrogen-bond acceptors (Lipinski definition) is 3. The average Bonchev–Trinajstić information content (AvgIpc) is 2.33. The third-order valence-corrected chi connectivity index (χ3v) is 3.17. The summed E-state index contributed by atoms with van der Waals surface area (Å²) < 4.78 is 0. The van der Waals surface area contributed by atoms with E-state index in [-0.39, 0.29) is 5.54 Å². The highest BCUT2D eigenvalue weighted by atomic mass is 15.0. The van der Waals surface area contributed by atoms with Crippen LogP contribution in [0.2, 0.25) is 0 Å². The highest BCUT2D eigenvalue weighted by Gasteiger charge is 2.17. The lowest BCUT2D eigenvalue weighted by Gasteiger charge is -2.28. The molecule has 3 nitrogen and oxygen atoms in total. The predicted octanol–water partition coefficient (Wildman–Crippen LogP) is 3.81. The number of pyridine rings is 1. The van der Waals surface area contributed by atoms with E-state index < -0.39 is 0 Å². The van der Waals surface area contributed by atoms with E-state index in [4.69, 9.17) is 5.73 Å². The number of nitrogens with zero attached hydrogens (tertiary/aromatic N) is 1. The number of nitrogens with one attached hydrogen (secondary N) is 1. The van der Waals surface area contributed by atoms with E-state index in [0.717, 1.165) is 35.1 Å². The number of hydrogen-bond donors (Lipinski definition) is 2. The van der Waals surface area contributed by atoms with Crippen LogP contribution in [0.25, 0.3) is 10.9 Å². The highest BCUT2D eigenvalue weighted by Crippen LogP contribution is 2.30. The zero-order chi connectivity index (χ0) is 13.2. The molecule has 0 saturated heterocycles. The molecular formula is C15H21N3. The van der Waals surface area contributed by atoms with Crippen LogP contribution in [0.15, 0.2) is 30.5 Å². The summed E-state index contributed by atoms with van der Waals surface area (Å²) in [7, 11) is 0. The fourth-order valence-electron chi connectivity index (χ4n) is 2.34. The Morgan fingerprint density at radius 2 is 2.06 bits per heavy atom. The molecule has 3 heteroatoms. The summed E-state index contributed by atoms with van der Waals surface area (Å²) in [4.78, 5) is 4.31. The van der Waals surface area contributed by atoms with E-state index in [1.165, 1.54) is 0 Å². The van der Waals surface area contributed by atoms with Gasteiger partial charge in [-0.1, -0.05) is 13.3 Å². The lowest BCUT2D eigenvalue weighted by molar-refractivity contribution is 0.511. The Morgan fingerprint density at radius 3 is 2.78 bits per heavy atom. The van der Waals surface area contributed by atoms with Crippen molar-refractivity contribution in [1.82, 2.24) is 4.98 Å². The van der Waals surface area contributed by atoms with Gasteiger partial charge in [-0.25, -0.2) is 0 Å². The van der Waals surface area contributed by atoms with Crippen molar-refractivity contribution in [3.05, 3.63) is 30.5 Å². The molecule has 2 aromatic rings. The number of aromatic nitrogens is 1. The van der Waals surface area contributed by atoms with Gasteiger partial charge in [0.2, 0.25) is 0 Å². The quantitative estimate of drug-likeness (QED) is 0.803. The Hall–Kier alpha value is -1.77. The molecule has 0 amide bonds. The van der Waals surface area contributed by atoms with Crippen molar-refractivity contribution in [3.8, 4) is 0 Å². The third-order valence-electron chi connectivity index (χ3n) is 3.17. The molecule has 0 spiro atoms. The second-order valence-electron chi connectivity index (χ2n) is 5.36. The molecule has 1 aromatic carbocycles. The van der Waals surface area contributed by atoms with Crippen molar-refractivity contribution >= 4 is 22.3 Å². The molecule has 0 saturated carbocycles. The van der Waals surface area contributed by atoms with Crippen molar-refractivity contribution in [3.63, 3.8) is 0 Å². The Morgan fingerprint density at radius 1 is 1.28 bits per heavy atom. The molecule has 1 aromatic heterocycles. The van der Waals surface area contributed by atoms with Gasteiger partial charge in [-0.3, -0.25) is 4.98 Å². The molecule has 1 heterocycles. The first kappa shape index (κ1) is 12.7. The van der Waals surface area contributed by atoms with Gasteiger partial charge in [0.25, 0.3) is 0 Å². The van der Waals surface area contributed by atoms with E-state index in [0.29, 0.717) is 0 Å². The fraction of sp³-hybridized carbons (Fsp3) is 0.400. The van der Waals surface area contributed by atoms with E-state index in [1.807, 2.05) is 24.3 Å². The average molecular weight is 243 g/mol. The first-order chi connectivity index (χ1) is 8.53. The van der Waals surface area contributed by atoms with Crippen LogP contribution in [-0.4, -0.2) is 10.5 Å². The Balaban J connectivity index is 2.37. The normalized spacial score (nSPS) is 11.7. The molecule has 3 N–H and O–H groups in total. The van der Waals surface area contributed by atoms with E-state index >= 15 is 0 Å². The first-order valence-corrected chi connectivity index (χ1v) is 6.45. The minimum Gasteiger partial charge on any atom is -0.397 e. The number of anilines is 2. The van der Waals surface area contributed by atoms with Gasteiger partial charge >= 0.3 is 0 Å². The van der Waals surface area contributed by atoms with Gasteiger partial charge in [-0.15, -0.1) is 0 Å². The second-order valence-corrected chi connectivity index (χ2v) is 5.36. The summed E-state index contributed by atoms with van der Waals surface area (Å²) in [5.41, 5.74) is 8.99. The van der Waals surface area contributed by atoms with Crippen LogP contribution >= 0.6 is 0 Å². The largest absolute Gasteiger partial charge is 0.397 e. The van der Waals surface area contributed by atoms with E-state index in [9.17, 15) is 0 Å². The van der Waals surface area contributed by atoms with Gasteiger partial charge in [-0.2, -0.15) is 0 Å². The zero-order valence-electron chi connectivity index (χ0n) is 11.3. The maximum Gasteiger partial charge on any atom is 0.0724 e. The fourth-order valence-corrected chi connectivity index (χ4v) is 2.34. The summed E-state index contributed by atoms with van der Waals surface area (Å²) >= 11 is 0. The summed E-state index contributed by atoms with van der Waals surface area (Å²) in [6.45, 7) is 6.59. The van der Waals surface area contributed by atoms with Gasteiger partial charge in [0.15, 0.2) is 0 Å². The number of nitrogen functional groups attached to an aromatic ring is 1. The molecule has 0 aliphatic heterocycles. The minimum absolute atomic E-state index is 0.0543. The summed E-state index contributed by atoms with van der Waals surface area (Å²) in [5.74, 6) is 0. The van der Waals surface area contributed by atoms with Crippen LogP contribution < -0.4 is 11.1 Å². The lowest BCUT2D eigenvalue weighted by atomic mass is 9.98. The maximum absolute atomic E-state index is 6.22. The second kappa shape index (κ2) is 4.84. The Kier molecular flexibility index (Phi) is 3.41. The third kappa shape index (κ3) is 2.55. The standard InChI is InChI=1S/C15H21N3/c1-4-9-15(2,3)18-13-8-7-12-11(14(13)16)6-5-10-17-12/h5-8,10,18H,4,9,16H2,1-3H3. The van der Waals surface area contributed by atoms with Crippen LogP contribution in [-0.2, 0) is 0 Å². The SMILES string of the molecule is CCCC(C)(C)Nc1ccc2ncccc2c1N. The summed E-state index contributed by atoms with van der Waals surface area (Å²) in [6, 6.07) is 7.95. The molecule has 2 rings (SSSR count). The van der Waals surface area contributed by atoms with E-state index in [2.05, 4.69) is 31.1 Å². The molecule has 0 fully saturated rings. The van der Waals surface area contributed by atoms with Gasteiger partial charge in [0, 0.05) is 17.1 Å². The van der Waals surface area contributed by atoms with Crippen molar-refractivity contribution in [2.75, 3.05) is 11.1 Å². The molecule has 18 heavy (non-hydrogen) atoms. The van der Waals surface area contributed by atoms with Crippen LogP contribution in [0.1, 0.15) is 33.6 Å². The monoisotopic (exact) mass is 243 g/mol. The number of fused-ring (bicyclic) bond motifs is 1. The minimum atomic E-state index is 0.0543. The van der Waals surface area contributed by atoms with Gasteiger partial charge in [0.05, 0.1) is 16.9 Å². The highest BCUT2D eigenvalue weighted by molar-refractivity contribution is 5.96. The molecule has 0 bridgehead atoms. The molecular weight excluding hydrogens is 222 g/mol. The Bertz CT molecular complexity index is 546. The molecule has 0 radical (unpaired) electrons. The number of benzene rings is 1. The summed E-state index contributed by atoms with van der Waals surface area (Å²) in [5, 5.41) is 4.54. The van der Waals surface area contributed by atoms with Gasteiger partial charge in [-0.05, 0) is 44.5 Å². The molecule has 0 aliphatic carbocycles. The van der Waals surface area contributed by atoms with Crippen molar-refractivity contribution in [2.24, 2.45) is 0 Å². The first-order valence-electron chi connectivity index (χ1n) is 6.45. The van der Waals surface area contributed by atoms with Crippen LogP contribution in [0, 0.1) is 0 Å². The number of rotatable bonds is 4. The smallest absolute Gasteiger partial charge is 0.0724 e. The van der Waals surface area contributed by atoms with Crippen LogP contribution in [0.3, 0.4) is 0 Å². The van der Waals surface area contributed by atoms with Crippen LogP contribution in [0.4, 0.5) is 11.4 Å². The molecule has 0 unspecified atom stereocenters. The molecule has 96 valence electrons. The summed E-state index contributed by atoms with van der Waals surface area (Å²) in [6.07, 6.45) is 4.04. The predicted molar refractivity (Wildman–Crippen MR) is 78.8 cm³/mol. The zero-order valence-corrected chi connectivity index (χ0v) is 11.3. The Labute approximate surface area is 108 Å². The molecule has 0 atom stereocenters.